The molecule has 2 atom stereocenters. The van der Waals surface area contributed by atoms with Crippen molar-refractivity contribution in [3.05, 3.63) is 48.0 Å². The van der Waals surface area contributed by atoms with Crippen LogP contribution in [0.4, 0.5) is 4.79 Å². The lowest BCUT2D eigenvalue weighted by molar-refractivity contribution is -0.00383. The number of carbonyl (C=O) groups is 1. The molecule has 0 spiro atoms. The smallest absolute Gasteiger partial charge is 0.410 e. The van der Waals surface area contributed by atoms with E-state index in [-0.39, 0.29) is 18.2 Å². The molecule has 2 aliphatic rings. The number of rotatable bonds is 3. The monoisotopic (exact) mass is 273 g/mol. The first-order valence-electron chi connectivity index (χ1n) is 7.08. The highest BCUT2D eigenvalue weighted by atomic mass is 16.6. The zero-order valence-corrected chi connectivity index (χ0v) is 11.4. The van der Waals surface area contributed by atoms with Gasteiger partial charge in [-0.15, -0.1) is 0 Å². The summed E-state index contributed by atoms with van der Waals surface area (Å²) in [6, 6.07) is 10.1. The number of ether oxygens (including phenoxy) is 2. The van der Waals surface area contributed by atoms with Gasteiger partial charge in [-0.3, -0.25) is 4.90 Å². The molecular formula is C16H19NO3. The lowest BCUT2D eigenvalue weighted by Gasteiger charge is -2.29. The third-order valence-corrected chi connectivity index (χ3v) is 3.82. The first kappa shape index (κ1) is 13.2. The van der Waals surface area contributed by atoms with Crippen molar-refractivity contribution in [3.63, 3.8) is 0 Å². The molecule has 0 saturated carbocycles. The largest absolute Gasteiger partial charge is 0.447 e. The van der Waals surface area contributed by atoms with Gasteiger partial charge in [0.1, 0.15) is 6.61 Å². The lowest BCUT2D eigenvalue weighted by atomic mass is 10.0. The fourth-order valence-electron chi connectivity index (χ4n) is 2.71. The number of hydrogen-bond donors (Lipinski definition) is 0. The van der Waals surface area contributed by atoms with Crippen molar-refractivity contribution in [3.8, 4) is 0 Å². The van der Waals surface area contributed by atoms with E-state index in [0.717, 1.165) is 18.4 Å². The lowest BCUT2D eigenvalue weighted by Crippen LogP contribution is -2.44. The SMILES string of the molecule is O=C1OC[C@H]2[C@@H](OCc3ccccc3)C/C=C\CCN12. The molecule has 2 aliphatic heterocycles. The number of cyclic esters (lactones) is 1. The van der Waals surface area contributed by atoms with Gasteiger partial charge in [0.2, 0.25) is 0 Å². The number of nitrogens with zero attached hydrogens (tertiary/aromatic N) is 1. The second kappa shape index (κ2) is 6.09. The molecule has 1 aromatic rings. The average Bonchev–Trinajstić information content (AvgIpc) is 2.80. The van der Waals surface area contributed by atoms with Crippen molar-refractivity contribution in [2.24, 2.45) is 0 Å². The molecule has 4 nitrogen and oxygen atoms in total. The minimum absolute atomic E-state index is 0.00166. The van der Waals surface area contributed by atoms with Crippen LogP contribution in [0.15, 0.2) is 42.5 Å². The molecule has 1 aromatic carbocycles. The highest BCUT2D eigenvalue weighted by Gasteiger charge is 2.38. The van der Waals surface area contributed by atoms with Crippen molar-refractivity contribution in [2.75, 3.05) is 13.2 Å². The highest BCUT2D eigenvalue weighted by molar-refractivity contribution is 5.70. The van der Waals surface area contributed by atoms with Crippen LogP contribution in [0.5, 0.6) is 0 Å². The molecule has 0 aromatic heterocycles. The van der Waals surface area contributed by atoms with Gasteiger partial charge < -0.3 is 9.47 Å². The normalized spacial score (nSPS) is 27.4. The van der Waals surface area contributed by atoms with Gasteiger partial charge in [0.25, 0.3) is 0 Å². The Morgan fingerprint density at radius 1 is 1.25 bits per heavy atom. The van der Waals surface area contributed by atoms with Crippen molar-refractivity contribution in [1.29, 1.82) is 0 Å². The van der Waals surface area contributed by atoms with Gasteiger partial charge in [-0.2, -0.15) is 0 Å². The number of carbonyl (C=O) groups excluding carboxylic acids is 1. The third-order valence-electron chi connectivity index (χ3n) is 3.82. The molecule has 0 bridgehead atoms. The van der Waals surface area contributed by atoms with Crippen LogP contribution in [0.25, 0.3) is 0 Å². The summed E-state index contributed by atoms with van der Waals surface area (Å²) in [5.74, 6) is 0. The highest BCUT2D eigenvalue weighted by Crippen LogP contribution is 2.23. The molecule has 2 heterocycles. The van der Waals surface area contributed by atoms with Crippen LogP contribution in [0, 0.1) is 0 Å². The van der Waals surface area contributed by atoms with Crippen LogP contribution in [-0.4, -0.2) is 36.3 Å². The molecule has 0 N–H and O–H groups in total. The molecule has 1 saturated heterocycles. The van der Waals surface area contributed by atoms with E-state index in [9.17, 15) is 4.79 Å². The molecule has 3 rings (SSSR count). The van der Waals surface area contributed by atoms with Crippen molar-refractivity contribution in [2.45, 2.75) is 31.6 Å². The molecule has 106 valence electrons. The molecule has 0 unspecified atom stereocenters. The summed E-state index contributed by atoms with van der Waals surface area (Å²) in [4.78, 5) is 13.5. The first-order valence-corrected chi connectivity index (χ1v) is 7.08. The molecular weight excluding hydrogens is 254 g/mol. The summed E-state index contributed by atoms with van der Waals surface area (Å²) in [6.07, 6.45) is 5.76. The van der Waals surface area contributed by atoms with Gasteiger partial charge in [0.15, 0.2) is 0 Å². The topological polar surface area (TPSA) is 38.8 Å². The Labute approximate surface area is 119 Å². The van der Waals surface area contributed by atoms with Crippen LogP contribution in [0.1, 0.15) is 18.4 Å². The van der Waals surface area contributed by atoms with Gasteiger partial charge in [0.05, 0.1) is 18.8 Å². The Hall–Kier alpha value is -1.81. The first-order chi connectivity index (χ1) is 9.84. The van der Waals surface area contributed by atoms with Gasteiger partial charge in [-0.25, -0.2) is 4.79 Å². The van der Waals surface area contributed by atoms with E-state index in [1.165, 1.54) is 0 Å². The molecule has 4 heteroatoms. The van der Waals surface area contributed by atoms with Crippen LogP contribution in [-0.2, 0) is 16.1 Å². The third kappa shape index (κ3) is 2.85. The average molecular weight is 273 g/mol. The van der Waals surface area contributed by atoms with Gasteiger partial charge >= 0.3 is 6.09 Å². The summed E-state index contributed by atoms with van der Waals surface area (Å²) in [5, 5.41) is 0. The fraction of sp³-hybridized carbons (Fsp3) is 0.438. The summed E-state index contributed by atoms with van der Waals surface area (Å²) in [7, 11) is 0. The van der Waals surface area contributed by atoms with E-state index >= 15 is 0 Å². The van der Waals surface area contributed by atoms with Crippen LogP contribution >= 0.6 is 0 Å². The molecule has 1 fully saturated rings. The van der Waals surface area contributed by atoms with E-state index in [0.29, 0.717) is 19.8 Å². The zero-order valence-electron chi connectivity index (χ0n) is 11.4. The van der Waals surface area contributed by atoms with E-state index in [2.05, 4.69) is 12.2 Å². The Bertz CT molecular complexity index is 486. The predicted octanol–water partition coefficient (Wildman–Crippen LogP) is 2.74. The van der Waals surface area contributed by atoms with Crippen LogP contribution in [0.2, 0.25) is 0 Å². The van der Waals surface area contributed by atoms with Crippen molar-refractivity contribution < 1.29 is 14.3 Å². The van der Waals surface area contributed by atoms with Crippen molar-refractivity contribution in [1.82, 2.24) is 4.90 Å². The summed E-state index contributed by atoms with van der Waals surface area (Å²) < 4.78 is 11.2. The maximum Gasteiger partial charge on any atom is 0.410 e. The van der Waals surface area contributed by atoms with E-state index in [1.54, 1.807) is 4.90 Å². The number of amides is 1. The Kier molecular flexibility index (Phi) is 4.02. The van der Waals surface area contributed by atoms with Crippen LogP contribution < -0.4 is 0 Å². The second-order valence-corrected chi connectivity index (χ2v) is 5.17. The maximum absolute atomic E-state index is 11.7. The van der Waals surface area contributed by atoms with E-state index < -0.39 is 0 Å². The number of fused-ring (bicyclic) bond motifs is 1. The standard InChI is InChI=1S/C16H19NO3/c18-16-17-10-6-2-5-9-15(14(17)12-20-16)19-11-13-7-3-1-4-8-13/h1-5,7-8,14-15H,6,9-12H2/b5-2-/t14-,15-/m0/s1. The summed E-state index contributed by atoms with van der Waals surface area (Å²) in [6.45, 7) is 1.72. The number of hydrogen-bond acceptors (Lipinski definition) is 3. The minimum Gasteiger partial charge on any atom is -0.447 e. The van der Waals surface area contributed by atoms with Gasteiger partial charge in [-0.05, 0) is 18.4 Å². The Balaban J connectivity index is 1.68. The zero-order chi connectivity index (χ0) is 13.8. The van der Waals surface area contributed by atoms with Crippen molar-refractivity contribution >= 4 is 6.09 Å². The van der Waals surface area contributed by atoms with E-state index in [1.807, 2.05) is 30.3 Å². The van der Waals surface area contributed by atoms with Gasteiger partial charge in [0, 0.05) is 6.54 Å². The van der Waals surface area contributed by atoms with Crippen LogP contribution in [0.3, 0.4) is 0 Å². The minimum atomic E-state index is -0.210. The van der Waals surface area contributed by atoms with Gasteiger partial charge in [-0.1, -0.05) is 42.5 Å². The maximum atomic E-state index is 11.7. The summed E-state index contributed by atoms with van der Waals surface area (Å²) >= 11 is 0. The Morgan fingerprint density at radius 2 is 2.10 bits per heavy atom. The predicted molar refractivity (Wildman–Crippen MR) is 75.2 cm³/mol. The Morgan fingerprint density at radius 3 is 2.95 bits per heavy atom. The molecule has 1 amide bonds. The van der Waals surface area contributed by atoms with E-state index in [4.69, 9.17) is 9.47 Å². The molecule has 0 radical (unpaired) electrons. The quantitative estimate of drug-likeness (QED) is 0.795. The fourth-order valence-corrected chi connectivity index (χ4v) is 2.71. The molecule has 0 aliphatic carbocycles. The summed E-state index contributed by atoms with van der Waals surface area (Å²) in [5.41, 5.74) is 1.15. The number of benzene rings is 1. The molecule has 20 heavy (non-hydrogen) atoms. The second-order valence-electron chi connectivity index (χ2n) is 5.17.